The summed E-state index contributed by atoms with van der Waals surface area (Å²) in [7, 11) is 2.00. The van der Waals surface area contributed by atoms with Crippen LogP contribution < -0.4 is 5.32 Å². The van der Waals surface area contributed by atoms with E-state index in [1.807, 2.05) is 48.3 Å². The molecule has 0 bridgehead atoms. The zero-order chi connectivity index (χ0) is 19.7. The van der Waals surface area contributed by atoms with E-state index >= 15 is 0 Å². The molecular weight excluding hydrogens is 417 g/mol. The molecular formula is C24H29Cl2N3O. The molecule has 1 fully saturated rings. The van der Waals surface area contributed by atoms with Crippen molar-refractivity contribution in [3.05, 3.63) is 65.2 Å². The molecule has 1 saturated heterocycles. The Morgan fingerprint density at radius 3 is 2.27 bits per heavy atom. The van der Waals surface area contributed by atoms with Gasteiger partial charge in [0.15, 0.2) is 0 Å². The summed E-state index contributed by atoms with van der Waals surface area (Å²) < 4.78 is 0. The van der Waals surface area contributed by atoms with E-state index in [1.165, 1.54) is 11.1 Å². The molecule has 4 rings (SSSR count). The molecule has 4 nitrogen and oxygen atoms in total. The summed E-state index contributed by atoms with van der Waals surface area (Å²) in [6.07, 6.45) is 1.99. The second kappa shape index (κ2) is 10.3. The SMILES string of the molecule is CNC1CCN(C(=O)c2cc(-c3ccccc3)nc3cc(C)c(C)cc23)CC1.Cl.Cl. The van der Waals surface area contributed by atoms with E-state index in [9.17, 15) is 4.79 Å². The maximum atomic E-state index is 13.5. The van der Waals surface area contributed by atoms with Gasteiger partial charge in [-0.15, -0.1) is 24.8 Å². The molecule has 3 aromatic rings. The molecule has 0 aliphatic carbocycles. The number of nitrogens with zero attached hydrogens (tertiary/aromatic N) is 2. The van der Waals surface area contributed by atoms with Crippen molar-refractivity contribution in [3.8, 4) is 11.3 Å². The molecule has 1 aliphatic heterocycles. The second-order valence-corrected chi connectivity index (χ2v) is 7.73. The first-order valence-corrected chi connectivity index (χ1v) is 10.0. The van der Waals surface area contributed by atoms with Crippen molar-refractivity contribution in [1.82, 2.24) is 15.2 Å². The van der Waals surface area contributed by atoms with E-state index in [0.29, 0.717) is 6.04 Å². The standard InChI is InChI=1S/C24H27N3O.2ClH/c1-16-13-20-21(24(28)27-11-9-19(25-3)10-12-27)15-22(18-7-5-4-6-8-18)26-23(20)14-17(16)2;;/h4-8,13-15,19,25H,9-12H2,1-3H3;2*1H. The fourth-order valence-corrected chi connectivity index (χ4v) is 3.96. The lowest BCUT2D eigenvalue weighted by molar-refractivity contribution is 0.0709. The number of piperidine rings is 1. The summed E-state index contributed by atoms with van der Waals surface area (Å²) in [6.45, 7) is 5.77. The van der Waals surface area contributed by atoms with Crippen molar-refractivity contribution in [1.29, 1.82) is 0 Å². The maximum Gasteiger partial charge on any atom is 0.254 e. The Morgan fingerprint density at radius 2 is 1.63 bits per heavy atom. The van der Waals surface area contributed by atoms with Crippen LogP contribution in [0.5, 0.6) is 0 Å². The third-order valence-electron chi connectivity index (χ3n) is 5.91. The van der Waals surface area contributed by atoms with Crippen molar-refractivity contribution in [2.75, 3.05) is 20.1 Å². The van der Waals surface area contributed by atoms with Gasteiger partial charge in [0.05, 0.1) is 16.8 Å². The maximum absolute atomic E-state index is 13.5. The van der Waals surface area contributed by atoms with E-state index < -0.39 is 0 Å². The summed E-state index contributed by atoms with van der Waals surface area (Å²) >= 11 is 0. The molecule has 0 unspecified atom stereocenters. The van der Waals surface area contributed by atoms with Crippen molar-refractivity contribution >= 4 is 41.6 Å². The van der Waals surface area contributed by atoms with Crippen LogP contribution in [0.15, 0.2) is 48.5 Å². The Balaban J connectivity index is 0.00000160. The molecule has 6 heteroatoms. The van der Waals surface area contributed by atoms with E-state index in [0.717, 1.165) is 53.7 Å². The average molecular weight is 446 g/mol. The Kier molecular flexibility index (Phi) is 8.25. The smallest absolute Gasteiger partial charge is 0.254 e. The number of likely N-dealkylation sites (tertiary alicyclic amines) is 1. The van der Waals surface area contributed by atoms with Crippen LogP contribution in [0.25, 0.3) is 22.2 Å². The van der Waals surface area contributed by atoms with Crippen LogP contribution in [-0.4, -0.2) is 42.0 Å². The van der Waals surface area contributed by atoms with Gasteiger partial charge in [-0.05, 0) is 63.1 Å². The molecule has 0 atom stereocenters. The lowest BCUT2D eigenvalue weighted by Gasteiger charge is -2.32. The highest BCUT2D eigenvalue weighted by molar-refractivity contribution is 6.07. The number of carbonyl (C=O) groups excluding carboxylic acids is 1. The van der Waals surface area contributed by atoms with Crippen LogP contribution >= 0.6 is 24.8 Å². The lowest BCUT2D eigenvalue weighted by atomic mass is 9.98. The molecule has 160 valence electrons. The van der Waals surface area contributed by atoms with Gasteiger partial charge in [-0.25, -0.2) is 4.98 Å². The lowest BCUT2D eigenvalue weighted by Crippen LogP contribution is -2.44. The summed E-state index contributed by atoms with van der Waals surface area (Å²) in [6, 6.07) is 16.8. The van der Waals surface area contributed by atoms with Gasteiger partial charge in [-0.1, -0.05) is 30.3 Å². The van der Waals surface area contributed by atoms with Gasteiger partial charge in [0.25, 0.3) is 5.91 Å². The van der Waals surface area contributed by atoms with Crippen LogP contribution in [0.3, 0.4) is 0 Å². The summed E-state index contributed by atoms with van der Waals surface area (Å²) in [5, 5.41) is 4.28. The monoisotopic (exact) mass is 445 g/mol. The van der Waals surface area contributed by atoms with Crippen LogP contribution in [0.1, 0.15) is 34.3 Å². The first kappa shape index (κ1) is 24.1. The van der Waals surface area contributed by atoms with Crippen LogP contribution in [0.2, 0.25) is 0 Å². The van der Waals surface area contributed by atoms with Crippen molar-refractivity contribution in [2.24, 2.45) is 0 Å². The van der Waals surface area contributed by atoms with Gasteiger partial charge in [0, 0.05) is 30.1 Å². The van der Waals surface area contributed by atoms with E-state index in [4.69, 9.17) is 4.98 Å². The molecule has 1 N–H and O–H groups in total. The van der Waals surface area contributed by atoms with Crippen molar-refractivity contribution in [3.63, 3.8) is 0 Å². The quantitative estimate of drug-likeness (QED) is 0.603. The zero-order valence-corrected chi connectivity index (χ0v) is 19.3. The Bertz CT molecular complexity index is 1020. The fraction of sp³-hybridized carbons (Fsp3) is 0.333. The Labute approximate surface area is 190 Å². The third kappa shape index (κ3) is 4.77. The molecule has 2 aromatic carbocycles. The topological polar surface area (TPSA) is 45.2 Å². The molecule has 0 saturated carbocycles. The van der Waals surface area contributed by atoms with Crippen LogP contribution in [0.4, 0.5) is 0 Å². The van der Waals surface area contributed by atoms with Gasteiger partial charge >= 0.3 is 0 Å². The zero-order valence-electron chi connectivity index (χ0n) is 17.6. The van der Waals surface area contributed by atoms with Gasteiger partial charge < -0.3 is 10.2 Å². The summed E-state index contributed by atoms with van der Waals surface area (Å²) in [4.78, 5) is 20.3. The van der Waals surface area contributed by atoms with E-state index in [1.54, 1.807) is 0 Å². The Hall–Kier alpha value is -2.14. The number of hydrogen-bond acceptors (Lipinski definition) is 3. The highest BCUT2D eigenvalue weighted by Crippen LogP contribution is 2.28. The molecule has 2 heterocycles. The van der Waals surface area contributed by atoms with Crippen molar-refractivity contribution < 1.29 is 4.79 Å². The number of aromatic nitrogens is 1. The minimum Gasteiger partial charge on any atom is -0.339 e. The number of fused-ring (bicyclic) bond motifs is 1. The largest absolute Gasteiger partial charge is 0.339 e. The second-order valence-electron chi connectivity index (χ2n) is 7.73. The van der Waals surface area contributed by atoms with Crippen LogP contribution in [0, 0.1) is 13.8 Å². The predicted molar refractivity (Wildman–Crippen MR) is 129 cm³/mol. The average Bonchev–Trinajstić information content (AvgIpc) is 2.74. The number of aryl methyl sites for hydroxylation is 2. The van der Waals surface area contributed by atoms with E-state index in [-0.39, 0.29) is 30.7 Å². The molecule has 0 radical (unpaired) electrons. The van der Waals surface area contributed by atoms with Gasteiger partial charge in [-0.3, -0.25) is 4.79 Å². The van der Waals surface area contributed by atoms with Crippen LogP contribution in [-0.2, 0) is 0 Å². The summed E-state index contributed by atoms with van der Waals surface area (Å²) in [5.74, 6) is 0.113. The molecule has 1 amide bonds. The normalized spacial score (nSPS) is 14.2. The fourth-order valence-electron chi connectivity index (χ4n) is 3.96. The Morgan fingerprint density at radius 1 is 1.00 bits per heavy atom. The number of hydrogen-bond donors (Lipinski definition) is 1. The molecule has 30 heavy (non-hydrogen) atoms. The first-order chi connectivity index (χ1) is 13.6. The number of halogens is 2. The van der Waals surface area contributed by atoms with E-state index in [2.05, 4.69) is 31.3 Å². The summed E-state index contributed by atoms with van der Waals surface area (Å²) in [5.41, 5.74) is 5.91. The minimum atomic E-state index is 0. The van der Waals surface area contributed by atoms with Gasteiger partial charge in [-0.2, -0.15) is 0 Å². The van der Waals surface area contributed by atoms with Crippen molar-refractivity contribution in [2.45, 2.75) is 32.7 Å². The number of benzene rings is 2. The number of carbonyl (C=O) groups is 1. The molecule has 1 aliphatic rings. The highest BCUT2D eigenvalue weighted by atomic mass is 35.5. The predicted octanol–water partition coefficient (Wildman–Crippen LogP) is 5.19. The number of amides is 1. The van der Waals surface area contributed by atoms with Gasteiger partial charge in [0.1, 0.15) is 0 Å². The highest BCUT2D eigenvalue weighted by Gasteiger charge is 2.25. The molecule has 0 spiro atoms. The third-order valence-corrected chi connectivity index (χ3v) is 5.91. The number of nitrogens with one attached hydrogen (secondary N) is 1. The molecule has 1 aromatic heterocycles. The number of pyridine rings is 1. The number of rotatable bonds is 3. The first-order valence-electron chi connectivity index (χ1n) is 10.0. The minimum absolute atomic E-state index is 0. The van der Waals surface area contributed by atoms with Gasteiger partial charge in [0.2, 0.25) is 0 Å².